The van der Waals surface area contributed by atoms with E-state index in [0.717, 1.165) is 11.1 Å². The fourth-order valence-corrected chi connectivity index (χ4v) is 2.74. The molecular formula is C26H22O4. The molecule has 3 rings (SSSR count). The number of carbonyl (C=O) groups is 2. The Bertz CT molecular complexity index is 937. The van der Waals surface area contributed by atoms with Crippen LogP contribution in [0.5, 0.6) is 0 Å². The van der Waals surface area contributed by atoms with E-state index in [1.807, 2.05) is 72.8 Å². The van der Waals surface area contributed by atoms with Gasteiger partial charge in [0, 0.05) is 0 Å². The molecule has 0 amide bonds. The van der Waals surface area contributed by atoms with E-state index in [2.05, 4.69) is 0 Å². The van der Waals surface area contributed by atoms with Crippen LogP contribution >= 0.6 is 0 Å². The van der Waals surface area contributed by atoms with Crippen molar-refractivity contribution in [2.75, 3.05) is 13.2 Å². The van der Waals surface area contributed by atoms with Crippen molar-refractivity contribution in [2.24, 2.45) is 0 Å². The maximum Gasteiger partial charge on any atom is 0.339 e. The molecule has 3 aromatic carbocycles. The molecule has 0 aliphatic heterocycles. The lowest BCUT2D eigenvalue weighted by Gasteiger charge is -2.08. The summed E-state index contributed by atoms with van der Waals surface area (Å²) in [6.07, 6.45) is 7.24. The van der Waals surface area contributed by atoms with Crippen molar-refractivity contribution in [2.45, 2.75) is 0 Å². The Morgan fingerprint density at radius 1 is 0.567 bits per heavy atom. The van der Waals surface area contributed by atoms with Crippen molar-refractivity contribution in [1.82, 2.24) is 0 Å². The van der Waals surface area contributed by atoms with Gasteiger partial charge in [0.15, 0.2) is 0 Å². The number of hydrogen-bond acceptors (Lipinski definition) is 4. The number of carbonyl (C=O) groups excluding carboxylic acids is 2. The zero-order chi connectivity index (χ0) is 21.0. The second kappa shape index (κ2) is 11.2. The summed E-state index contributed by atoms with van der Waals surface area (Å²) in [5, 5.41) is 0. The molecule has 0 saturated carbocycles. The van der Waals surface area contributed by atoms with Gasteiger partial charge in [-0.3, -0.25) is 0 Å². The molecule has 0 aliphatic rings. The van der Waals surface area contributed by atoms with Crippen LogP contribution in [0.4, 0.5) is 0 Å². The van der Waals surface area contributed by atoms with E-state index in [4.69, 9.17) is 9.47 Å². The topological polar surface area (TPSA) is 52.6 Å². The molecule has 0 spiro atoms. The normalized spacial score (nSPS) is 10.9. The number of esters is 2. The molecular weight excluding hydrogens is 376 g/mol. The summed E-state index contributed by atoms with van der Waals surface area (Å²) in [6.45, 7) is 0.216. The summed E-state index contributed by atoms with van der Waals surface area (Å²) in [5.74, 6) is -1.14. The quantitative estimate of drug-likeness (QED) is 0.475. The molecule has 0 N–H and O–H groups in total. The van der Waals surface area contributed by atoms with Crippen molar-refractivity contribution in [1.29, 1.82) is 0 Å². The Morgan fingerprint density at radius 3 is 1.33 bits per heavy atom. The molecule has 0 saturated heterocycles. The van der Waals surface area contributed by atoms with Crippen LogP contribution in [0.25, 0.3) is 12.2 Å². The number of ether oxygens (including phenoxy) is 2. The first kappa shape index (κ1) is 20.8. The number of benzene rings is 3. The van der Waals surface area contributed by atoms with Gasteiger partial charge >= 0.3 is 11.9 Å². The second-order valence-corrected chi connectivity index (χ2v) is 6.37. The molecule has 4 heteroatoms. The summed E-state index contributed by atoms with van der Waals surface area (Å²) < 4.78 is 10.6. The molecule has 30 heavy (non-hydrogen) atoms. The van der Waals surface area contributed by atoms with Gasteiger partial charge in [0.1, 0.15) is 13.2 Å². The van der Waals surface area contributed by atoms with Crippen molar-refractivity contribution < 1.29 is 19.1 Å². The van der Waals surface area contributed by atoms with Gasteiger partial charge in [-0.1, -0.05) is 84.9 Å². The fourth-order valence-electron chi connectivity index (χ4n) is 2.74. The highest BCUT2D eigenvalue weighted by Crippen LogP contribution is 2.12. The third-order valence-corrected chi connectivity index (χ3v) is 4.21. The highest BCUT2D eigenvalue weighted by Gasteiger charge is 2.18. The number of rotatable bonds is 8. The predicted octanol–water partition coefficient (Wildman–Crippen LogP) is 5.43. The van der Waals surface area contributed by atoms with Gasteiger partial charge in [-0.05, 0) is 35.4 Å². The minimum absolute atomic E-state index is 0.108. The molecule has 150 valence electrons. The summed E-state index contributed by atoms with van der Waals surface area (Å²) in [7, 11) is 0. The fraction of sp³-hybridized carbons (Fsp3) is 0.0769. The Balaban J connectivity index is 1.55. The smallest absolute Gasteiger partial charge is 0.339 e. The summed E-state index contributed by atoms with van der Waals surface area (Å²) in [5.41, 5.74) is 2.40. The highest BCUT2D eigenvalue weighted by molar-refractivity contribution is 6.03. The lowest BCUT2D eigenvalue weighted by atomic mass is 10.1. The van der Waals surface area contributed by atoms with E-state index in [0.29, 0.717) is 0 Å². The first-order valence-electron chi connectivity index (χ1n) is 9.60. The van der Waals surface area contributed by atoms with Crippen LogP contribution in [0.15, 0.2) is 97.1 Å². The van der Waals surface area contributed by atoms with Crippen molar-refractivity contribution in [3.8, 4) is 0 Å². The maximum absolute atomic E-state index is 12.4. The summed E-state index contributed by atoms with van der Waals surface area (Å²) >= 11 is 0. The van der Waals surface area contributed by atoms with Crippen molar-refractivity contribution in [3.63, 3.8) is 0 Å². The largest absolute Gasteiger partial charge is 0.458 e. The van der Waals surface area contributed by atoms with Gasteiger partial charge < -0.3 is 9.47 Å². The van der Waals surface area contributed by atoms with Crippen LogP contribution in [0.3, 0.4) is 0 Å². The van der Waals surface area contributed by atoms with Crippen LogP contribution in [0.2, 0.25) is 0 Å². The van der Waals surface area contributed by atoms with Crippen molar-refractivity contribution >= 4 is 24.1 Å². The lowest BCUT2D eigenvalue weighted by Crippen LogP contribution is -2.14. The average Bonchev–Trinajstić information content (AvgIpc) is 2.80. The predicted molar refractivity (Wildman–Crippen MR) is 118 cm³/mol. The first-order valence-corrected chi connectivity index (χ1v) is 9.60. The third-order valence-electron chi connectivity index (χ3n) is 4.21. The Labute approximate surface area is 176 Å². The Hall–Kier alpha value is -3.92. The van der Waals surface area contributed by atoms with Gasteiger partial charge in [0.2, 0.25) is 0 Å². The third kappa shape index (κ3) is 6.31. The van der Waals surface area contributed by atoms with Crippen LogP contribution in [-0.4, -0.2) is 25.2 Å². The standard InChI is InChI=1S/C26H22O4/c27-25(29-19-9-15-21-11-3-1-4-12-21)23-17-7-8-18-24(23)26(28)30-20-10-16-22-13-5-2-6-14-22/h1-18H,19-20H2/b15-9+,16-10+. The minimum Gasteiger partial charge on any atom is -0.458 e. The highest BCUT2D eigenvalue weighted by atomic mass is 16.5. The van der Waals surface area contributed by atoms with E-state index < -0.39 is 11.9 Å². The molecule has 3 aromatic rings. The van der Waals surface area contributed by atoms with Crippen LogP contribution in [0.1, 0.15) is 31.8 Å². The minimum atomic E-state index is -0.569. The maximum atomic E-state index is 12.4. The Morgan fingerprint density at radius 2 is 0.933 bits per heavy atom. The lowest BCUT2D eigenvalue weighted by molar-refractivity contribution is 0.0503. The summed E-state index contributed by atoms with van der Waals surface area (Å²) in [6, 6.07) is 25.9. The number of hydrogen-bond donors (Lipinski definition) is 0. The van der Waals surface area contributed by atoms with E-state index in [9.17, 15) is 9.59 Å². The molecule has 0 unspecified atom stereocenters. The zero-order valence-corrected chi connectivity index (χ0v) is 16.4. The molecule has 0 aliphatic carbocycles. The van der Waals surface area contributed by atoms with Gasteiger partial charge in [-0.2, -0.15) is 0 Å². The van der Waals surface area contributed by atoms with Gasteiger partial charge in [0.25, 0.3) is 0 Å². The zero-order valence-electron chi connectivity index (χ0n) is 16.4. The molecule has 0 atom stereocenters. The molecule has 0 bridgehead atoms. The van der Waals surface area contributed by atoms with Crippen LogP contribution in [-0.2, 0) is 9.47 Å². The average molecular weight is 398 g/mol. The van der Waals surface area contributed by atoms with Gasteiger partial charge in [0.05, 0.1) is 11.1 Å². The summed E-state index contributed by atoms with van der Waals surface area (Å²) in [4.78, 5) is 24.8. The van der Waals surface area contributed by atoms with Crippen LogP contribution < -0.4 is 0 Å². The van der Waals surface area contributed by atoms with E-state index in [1.165, 1.54) is 0 Å². The van der Waals surface area contributed by atoms with E-state index in [1.54, 1.807) is 36.4 Å². The molecule has 0 heterocycles. The van der Waals surface area contributed by atoms with E-state index in [-0.39, 0.29) is 24.3 Å². The molecule has 0 fully saturated rings. The molecule has 4 nitrogen and oxygen atoms in total. The van der Waals surface area contributed by atoms with Crippen LogP contribution in [0, 0.1) is 0 Å². The Kier molecular flexibility index (Phi) is 7.75. The first-order chi connectivity index (χ1) is 14.7. The SMILES string of the molecule is O=C(OC/C=C/c1ccccc1)c1ccccc1C(=O)OC/C=C/c1ccccc1. The van der Waals surface area contributed by atoms with Gasteiger partial charge in [-0.15, -0.1) is 0 Å². The molecule has 0 aromatic heterocycles. The molecule has 0 radical (unpaired) electrons. The monoisotopic (exact) mass is 398 g/mol. The second-order valence-electron chi connectivity index (χ2n) is 6.37. The van der Waals surface area contributed by atoms with E-state index >= 15 is 0 Å². The van der Waals surface area contributed by atoms with Gasteiger partial charge in [-0.25, -0.2) is 9.59 Å². The van der Waals surface area contributed by atoms with Crippen molar-refractivity contribution in [3.05, 3.63) is 119 Å².